The van der Waals surface area contributed by atoms with Gasteiger partial charge in [-0.2, -0.15) is 13.2 Å². The first-order valence-corrected chi connectivity index (χ1v) is 10.6. The van der Waals surface area contributed by atoms with Crippen LogP contribution in [0.4, 0.5) is 13.2 Å². The van der Waals surface area contributed by atoms with Crippen molar-refractivity contribution in [2.24, 2.45) is 0 Å². The minimum atomic E-state index is -5.08. The summed E-state index contributed by atoms with van der Waals surface area (Å²) in [5.74, 6) is -2.76. The zero-order valence-electron chi connectivity index (χ0n) is 18.3. The molecule has 1 aliphatic rings. The van der Waals surface area contributed by atoms with E-state index in [0.29, 0.717) is 6.54 Å². The number of carboxylic acids is 1. The number of H-pyrrole nitrogens is 1. The number of hydrogen-bond donors (Lipinski definition) is 3. The summed E-state index contributed by atoms with van der Waals surface area (Å²) in [6.45, 7) is 0.682. The molecular weight excluding hydrogens is 459 g/mol. The zero-order chi connectivity index (χ0) is 25.0. The second-order valence-corrected chi connectivity index (χ2v) is 7.76. The van der Waals surface area contributed by atoms with E-state index in [9.17, 15) is 18.0 Å². The average Bonchev–Trinajstić information content (AvgIpc) is 3.29. The van der Waals surface area contributed by atoms with Gasteiger partial charge in [-0.1, -0.05) is 48.5 Å². The van der Waals surface area contributed by atoms with Crippen molar-refractivity contribution in [1.29, 1.82) is 0 Å². The van der Waals surface area contributed by atoms with Crippen LogP contribution in [0.15, 0.2) is 66.9 Å². The zero-order valence-corrected chi connectivity index (χ0v) is 18.3. The fourth-order valence-electron chi connectivity index (χ4n) is 3.73. The molecule has 0 aliphatic carbocycles. The second kappa shape index (κ2) is 9.84. The van der Waals surface area contributed by atoms with Crippen LogP contribution < -0.4 is 5.32 Å². The smallest absolute Gasteiger partial charge is 0.475 e. The lowest BCUT2D eigenvalue weighted by Crippen LogP contribution is -2.31. The van der Waals surface area contributed by atoms with Gasteiger partial charge in [0.1, 0.15) is 0 Å². The Kier molecular flexibility index (Phi) is 6.68. The van der Waals surface area contributed by atoms with E-state index < -0.39 is 12.1 Å². The molecule has 0 saturated heterocycles. The number of pyridine rings is 1. The molecule has 3 N–H and O–H groups in total. The third kappa shape index (κ3) is 5.57. The molecule has 178 valence electrons. The van der Waals surface area contributed by atoms with E-state index in [1.165, 1.54) is 10.8 Å². The molecule has 0 radical (unpaired) electrons. The van der Waals surface area contributed by atoms with Crippen LogP contribution in [0, 0.1) is 0 Å². The molecule has 2 aromatic heterocycles. The van der Waals surface area contributed by atoms with Crippen LogP contribution in [0.1, 0.15) is 27.3 Å². The Morgan fingerprint density at radius 3 is 2.51 bits per heavy atom. The first-order chi connectivity index (χ1) is 16.7. The third-order valence-electron chi connectivity index (χ3n) is 5.40. The summed E-state index contributed by atoms with van der Waals surface area (Å²) in [6, 6.07) is 20.6. The third-order valence-corrected chi connectivity index (χ3v) is 5.40. The first-order valence-electron chi connectivity index (χ1n) is 10.6. The van der Waals surface area contributed by atoms with Gasteiger partial charge in [0.25, 0.3) is 5.91 Å². The maximum absolute atomic E-state index is 12.0. The Balaban J connectivity index is 0.000000364. The lowest BCUT2D eigenvalue weighted by molar-refractivity contribution is -0.192. The van der Waals surface area contributed by atoms with Crippen molar-refractivity contribution in [3.05, 3.63) is 89.4 Å². The van der Waals surface area contributed by atoms with Crippen molar-refractivity contribution in [3.63, 3.8) is 0 Å². The van der Waals surface area contributed by atoms with Crippen molar-refractivity contribution in [2.75, 3.05) is 6.54 Å². The van der Waals surface area contributed by atoms with Crippen molar-refractivity contribution in [1.82, 2.24) is 15.3 Å². The van der Waals surface area contributed by atoms with Crippen LogP contribution in [0.3, 0.4) is 0 Å². The summed E-state index contributed by atoms with van der Waals surface area (Å²) in [5.41, 5.74) is 5.76. The highest BCUT2D eigenvalue weighted by Crippen LogP contribution is 2.25. The van der Waals surface area contributed by atoms with Crippen LogP contribution in [0.5, 0.6) is 0 Å². The summed E-state index contributed by atoms with van der Waals surface area (Å²) >= 11 is 0. The van der Waals surface area contributed by atoms with E-state index >= 15 is 0 Å². The quantitative estimate of drug-likeness (QED) is 0.371. The van der Waals surface area contributed by atoms with Gasteiger partial charge in [-0.25, -0.2) is 4.79 Å². The number of carbonyl (C=O) groups is 2. The number of amides is 1. The molecule has 0 saturated carbocycles. The van der Waals surface area contributed by atoms with E-state index in [0.717, 1.165) is 40.2 Å². The van der Waals surface area contributed by atoms with Gasteiger partial charge in [0.15, 0.2) is 0 Å². The highest BCUT2D eigenvalue weighted by Gasteiger charge is 2.38. The van der Waals surface area contributed by atoms with E-state index in [4.69, 9.17) is 9.90 Å². The van der Waals surface area contributed by atoms with Crippen LogP contribution in [-0.4, -0.2) is 39.7 Å². The maximum Gasteiger partial charge on any atom is 0.490 e. The van der Waals surface area contributed by atoms with Crippen molar-refractivity contribution >= 4 is 34.8 Å². The molecule has 9 heteroatoms. The van der Waals surface area contributed by atoms with Crippen LogP contribution >= 0.6 is 0 Å². The Morgan fingerprint density at radius 2 is 1.77 bits per heavy atom. The number of carboxylic acid groups (broad SMARTS) is 1. The maximum atomic E-state index is 12.0. The number of aromatic nitrogens is 2. The fourth-order valence-corrected chi connectivity index (χ4v) is 3.73. The van der Waals surface area contributed by atoms with Crippen molar-refractivity contribution in [2.45, 2.75) is 12.6 Å². The van der Waals surface area contributed by atoms with E-state index in [1.807, 2.05) is 24.3 Å². The van der Waals surface area contributed by atoms with Gasteiger partial charge >= 0.3 is 12.1 Å². The number of nitrogens with zero attached hydrogens (tertiary/aromatic N) is 1. The summed E-state index contributed by atoms with van der Waals surface area (Å²) in [6.07, 6.45) is 1.68. The Morgan fingerprint density at radius 1 is 1.03 bits per heavy atom. The number of aliphatic carboxylic acids is 1. The molecule has 0 spiro atoms. The monoisotopic (exact) mass is 479 g/mol. The van der Waals surface area contributed by atoms with Gasteiger partial charge in [-0.05, 0) is 40.6 Å². The van der Waals surface area contributed by atoms with Gasteiger partial charge in [0.05, 0.1) is 11.3 Å². The minimum Gasteiger partial charge on any atom is -0.475 e. The number of nitrogens with one attached hydrogen (secondary N) is 2. The molecule has 5 rings (SSSR count). The van der Waals surface area contributed by atoms with Crippen molar-refractivity contribution in [3.8, 4) is 11.3 Å². The number of carbonyl (C=O) groups excluding carboxylic acids is 1. The van der Waals surface area contributed by atoms with Gasteiger partial charge in [-0.3, -0.25) is 9.78 Å². The largest absolute Gasteiger partial charge is 0.490 e. The van der Waals surface area contributed by atoms with E-state index in [2.05, 4.69) is 63.8 Å². The standard InChI is InChI=1S/C24H19N3O.C2HF3O2/c28-24-21-15-23(27-22(21)11-13-26-24)18-10-12-25-19(14-18)9-8-17-6-3-5-16-4-1-2-7-20(16)17;3-2(4,5)1(6)7/h1-10,12,14-15,27H,11,13H2,(H,26,28);(H,6,7)/b9-8+;. The van der Waals surface area contributed by atoms with Crippen molar-refractivity contribution < 1.29 is 27.9 Å². The highest BCUT2D eigenvalue weighted by atomic mass is 19.4. The minimum absolute atomic E-state index is 0.00567. The number of fused-ring (bicyclic) bond motifs is 2. The number of hydrogen-bond acceptors (Lipinski definition) is 3. The topological polar surface area (TPSA) is 95.1 Å². The summed E-state index contributed by atoms with van der Waals surface area (Å²) < 4.78 is 31.7. The van der Waals surface area contributed by atoms with Gasteiger partial charge in [-0.15, -0.1) is 0 Å². The van der Waals surface area contributed by atoms with Gasteiger partial charge in [0, 0.05) is 36.1 Å². The molecule has 0 fully saturated rings. The molecule has 0 unspecified atom stereocenters. The average molecular weight is 479 g/mol. The number of benzene rings is 2. The normalized spacial score (nSPS) is 13.2. The summed E-state index contributed by atoms with van der Waals surface area (Å²) in [4.78, 5) is 28.8. The number of aromatic amines is 1. The van der Waals surface area contributed by atoms with E-state index in [1.54, 1.807) is 6.20 Å². The number of halogens is 3. The predicted octanol–water partition coefficient (Wildman–Crippen LogP) is 5.32. The molecule has 6 nitrogen and oxygen atoms in total. The molecule has 1 amide bonds. The highest BCUT2D eigenvalue weighted by molar-refractivity contribution is 5.98. The molecule has 1 aliphatic heterocycles. The molecule has 0 bridgehead atoms. The summed E-state index contributed by atoms with van der Waals surface area (Å²) in [7, 11) is 0. The lowest BCUT2D eigenvalue weighted by Gasteiger charge is -2.10. The Bertz CT molecular complexity index is 1420. The SMILES string of the molecule is O=C(O)C(F)(F)F.O=C1NCCc2[nH]c(-c3ccnc(/C=C/c4cccc5ccccc45)c3)cc21. The number of alkyl halides is 3. The molecule has 4 aromatic rings. The molecular formula is C26H20F3N3O3. The van der Waals surface area contributed by atoms with Crippen LogP contribution in [0.2, 0.25) is 0 Å². The number of rotatable bonds is 3. The summed E-state index contributed by atoms with van der Waals surface area (Å²) in [5, 5.41) is 12.5. The Labute approximate surface area is 198 Å². The molecule has 35 heavy (non-hydrogen) atoms. The lowest BCUT2D eigenvalue weighted by atomic mass is 10.0. The second-order valence-electron chi connectivity index (χ2n) is 7.76. The Hall–Kier alpha value is -4.40. The first kappa shape index (κ1) is 23.7. The van der Waals surface area contributed by atoms with Crippen LogP contribution in [-0.2, 0) is 11.2 Å². The molecule has 3 heterocycles. The molecule has 2 aromatic carbocycles. The van der Waals surface area contributed by atoms with Gasteiger partial charge < -0.3 is 15.4 Å². The fraction of sp³-hybridized carbons (Fsp3) is 0.115. The molecule has 0 atom stereocenters. The van der Waals surface area contributed by atoms with Gasteiger partial charge in [0.2, 0.25) is 0 Å². The predicted molar refractivity (Wildman–Crippen MR) is 127 cm³/mol. The van der Waals surface area contributed by atoms with E-state index in [-0.39, 0.29) is 5.91 Å². The van der Waals surface area contributed by atoms with Crippen LogP contribution in [0.25, 0.3) is 34.2 Å².